The standard InChI is InChI=1S/C44H84O6/c1-7-39(5)31-25-19-13-9-10-14-21-27-33-42(45)48-36-41(50-44(47)35-29-23-17-16-20-26-32-40(6)8-2)37-49-43(46)34-28-22-15-11-12-18-24-30-38(3)4/h38-41H,7-37H2,1-6H3/t39?,40?,41-/m0/s1. The molecule has 0 heterocycles. The summed E-state index contributed by atoms with van der Waals surface area (Å²) in [5.74, 6) is 1.57. The fourth-order valence-corrected chi connectivity index (χ4v) is 6.28. The van der Waals surface area contributed by atoms with Crippen LogP contribution in [-0.2, 0) is 28.6 Å². The van der Waals surface area contributed by atoms with Gasteiger partial charge < -0.3 is 14.2 Å². The predicted octanol–water partition coefficient (Wildman–Crippen LogP) is 13.3. The maximum absolute atomic E-state index is 12.7. The van der Waals surface area contributed by atoms with Gasteiger partial charge in [-0.15, -0.1) is 0 Å². The van der Waals surface area contributed by atoms with E-state index in [1.54, 1.807) is 0 Å². The number of carbonyl (C=O) groups excluding carboxylic acids is 3. The maximum atomic E-state index is 12.7. The summed E-state index contributed by atoms with van der Waals surface area (Å²) < 4.78 is 16.7. The Morgan fingerprint density at radius 2 is 0.700 bits per heavy atom. The van der Waals surface area contributed by atoms with Crippen LogP contribution in [0.5, 0.6) is 0 Å². The van der Waals surface area contributed by atoms with Crippen LogP contribution in [0.3, 0.4) is 0 Å². The zero-order valence-corrected chi connectivity index (χ0v) is 34.2. The maximum Gasteiger partial charge on any atom is 0.306 e. The monoisotopic (exact) mass is 709 g/mol. The Kier molecular flexibility index (Phi) is 34.7. The van der Waals surface area contributed by atoms with Gasteiger partial charge in [-0.25, -0.2) is 0 Å². The average molecular weight is 709 g/mol. The van der Waals surface area contributed by atoms with Gasteiger partial charge >= 0.3 is 17.9 Å². The SMILES string of the molecule is CCC(C)CCCCCCCCCCC(=O)OC[C@@H](COC(=O)CCCCCCCCCC(C)C)OC(=O)CCCCCCCCC(C)CC. The summed E-state index contributed by atoms with van der Waals surface area (Å²) in [6.45, 7) is 13.6. The molecule has 0 aromatic rings. The van der Waals surface area contributed by atoms with Crippen LogP contribution < -0.4 is 0 Å². The molecular formula is C44H84O6. The van der Waals surface area contributed by atoms with Crippen LogP contribution in [0.2, 0.25) is 0 Å². The lowest BCUT2D eigenvalue weighted by molar-refractivity contribution is -0.167. The topological polar surface area (TPSA) is 78.9 Å². The molecule has 0 aromatic heterocycles. The van der Waals surface area contributed by atoms with Gasteiger partial charge in [0.05, 0.1) is 0 Å². The van der Waals surface area contributed by atoms with E-state index in [1.807, 2.05) is 0 Å². The van der Waals surface area contributed by atoms with Gasteiger partial charge in [-0.3, -0.25) is 14.4 Å². The largest absolute Gasteiger partial charge is 0.462 e. The quantitative estimate of drug-likeness (QED) is 0.0363. The van der Waals surface area contributed by atoms with E-state index in [1.165, 1.54) is 109 Å². The smallest absolute Gasteiger partial charge is 0.306 e. The van der Waals surface area contributed by atoms with Crippen molar-refractivity contribution in [2.75, 3.05) is 13.2 Å². The fraction of sp³-hybridized carbons (Fsp3) is 0.932. The Balaban J connectivity index is 4.37. The number of hydrogen-bond donors (Lipinski definition) is 0. The van der Waals surface area contributed by atoms with Crippen molar-refractivity contribution in [3.8, 4) is 0 Å². The van der Waals surface area contributed by atoms with Crippen molar-refractivity contribution in [1.82, 2.24) is 0 Å². The number of rotatable bonds is 37. The summed E-state index contributed by atoms with van der Waals surface area (Å²) in [6.07, 6.45) is 30.9. The molecule has 0 aliphatic rings. The molecule has 0 aromatic carbocycles. The fourth-order valence-electron chi connectivity index (χ4n) is 6.28. The molecule has 0 N–H and O–H groups in total. The molecule has 0 aliphatic heterocycles. The minimum atomic E-state index is -0.762. The van der Waals surface area contributed by atoms with E-state index < -0.39 is 6.10 Å². The van der Waals surface area contributed by atoms with Gasteiger partial charge in [-0.1, -0.05) is 189 Å². The van der Waals surface area contributed by atoms with Gasteiger partial charge in [0.1, 0.15) is 13.2 Å². The van der Waals surface area contributed by atoms with Crippen molar-refractivity contribution in [3.05, 3.63) is 0 Å². The summed E-state index contributed by atoms with van der Waals surface area (Å²) in [5.41, 5.74) is 0. The lowest BCUT2D eigenvalue weighted by atomic mass is 9.99. The molecule has 3 atom stereocenters. The first-order chi connectivity index (χ1) is 24.2. The molecule has 0 aliphatic carbocycles. The van der Waals surface area contributed by atoms with Crippen molar-refractivity contribution in [2.45, 2.75) is 234 Å². The normalized spacial score (nSPS) is 13.3. The van der Waals surface area contributed by atoms with Crippen LogP contribution in [0.25, 0.3) is 0 Å². The second kappa shape index (κ2) is 35.8. The minimum Gasteiger partial charge on any atom is -0.462 e. The molecule has 0 saturated carbocycles. The van der Waals surface area contributed by atoms with Crippen LogP contribution in [0.15, 0.2) is 0 Å². The Morgan fingerprint density at radius 3 is 1.04 bits per heavy atom. The minimum absolute atomic E-state index is 0.0680. The zero-order valence-electron chi connectivity index (χ0n) is 34.2. The third-order valence-corrected chi connectivity index (χ3v) is 10.4. The molecule has 0 fully saturated rings. The molecule has 0 amide bonds. The molecular weight excluding hydrogens is 624 g/mol. The highest BCUT2D eigenvalue weighted by Gasteiger charge is 2.19. The first-order valence-corrected chi connectivity index (χ1v) is 21.7. The summed E-state index contributed by atoms with van der Waals surface area (Å²) in [7, 11) is 0. The summed E-state index contributed by atoms with van der Waals surface area (Å²) in [5, 5.41) is 0. The highest BCUT2D eigenvalue weighted by Crippen LogP contribution is 2.17. The van der Waals surface area contributed by atoms with E-state index in [0.29, 0.717) is 19.3 Å². The van der Waals surface area contributed by atoms with Crippen LogP contribution in [0.1, 0.15) is 228 Å². The molecule has 0 spiro atoms. The number of unbranched alkanes of at least 4 members (excludes halogenated alkanes) is 18. The van der Waals surface area contributed by atoms with E-state index in [9.17, 15) is 14.4 Å². The van der Waals surface area contributed by atoms with Crippen molar-refractivity contribution < 1.29 is 28.6 Å². The van der Waals surface area contributed by atoms with Crippen molar-refractivity contribution >= 4 is 17.9 Å². The number of carbonyl (C=O) groups is 3. The molecule has 0 saturated heterocycles. The van der Waals surface area contributed by atoms with Gasteiger partial charge in [-0.2, -0.15) is 0 Å². The van der Waals surface area contributed by atoms with Crippen molar-refractivity contribution in [1.29, 1.82) is 0 Å². The van der Waals surface area contributed by atoms with Gasteiger partial charge in [0.15, 0.2) is 6.10 Å². The summed E-state index contributed by atoms with van der Waals surface area (Å²) in [6, 6.07) is 0. The zero-order chi connectivity index (χ0) is 37.1. The first kappa shape index (κ1) is 48.4. The van der Waals surface area contributed by atoms with Crippen LogP contribution in [-0.4, -0.2) is 37.2 Å². The van der Waals surface area contributed by atoms with Crippen LogP contribution >= 0.6 is 0 Å². The second-order valence-corrected chi connectivity index (χ2v) is 15.9. The lowest BCUT2D eigenvalue weighted by Crippen LogP contribution is -2.30. The Morgan fingerprint density at radius 1 is 0.400 bits per heavy atom. The molecule has 2 unspecified atom stereocenters. The van der Waals surface area contributed by atoms with E-state index in [2.05, 4.69) is 41.5 Å². The lowest BCUT2D eigenvalue weighted by Gasteiger charge is -2.18. The predicted molar refractivity (Wildman–Crippen MR) is 210 cm³/mol. The van der Waals surface area contributed by atoms with Gasteiger partial charge in [0.25, 0.3) is 0 Å². The molecule has 296 valence electrons. The molecule has 0 bridgehead atoms. The summed E-state index contributed by atoms with van der Waals surface area (Å²) >= 11 is 0. The van der Waals surface area contributed by atoms with Gasteiger partial charge in [0.2, 0.25) is 0 Å². The van der Waals surface area contributed by atoms with Gasteiger partial charge in [-0.05, 0) is 37.0 Å². The van der Waals surface area contributed by atoms with Gasteiger partial charge in [0, 0.05) is 19.3 Å². The number of esters is 3. The van der Waals surface area contributed by atoms with Crippen molar-refractivity contribution in [3.63, 3.8) is 0 Å². The molecule has 50 heavy (non-hydrogen) atoms. The molecule has 0 radical (unpaired) electrons. The van der Waals surface area contributed by atoms with Crippen molar-refractivity contribution in [2.24, 2.45) is 17.8 Å². The van der Waals surface area contributed by atoms with E-state index in [-0.39, 0.29) is 31.1 Å². The Hall–Kier alpha value is -1.59. The van der Waals surface area contributed by atoms with E-state index in [4.69, 9.17) is 14.2 Å². The van der Waals surface area contributed by atoms with Crippen LogP contribution in [0.4, 0.5) is 0 Å². The molecule has 6 nitrogen and oxygen atoms in total. The van der Waals surface area contributed by atoms with E-state index in [0.717, 1.165) is 75.5 Å². The van der Waals surface area contributed by atoms with E-state index >= 15 is 0 Å². The Bertz CT molecular complexity index is 780. The third-order valence-electron chi connectivity index (χ3n) is 10.4. The average Bonchev–Trinajstić information content (AvgIpc) is 3.09. The second-order valence-electron chi connectivity index (χ2n) is 15.9. The number of hydrogen-bond acceptors (Lipinski definition) is 6. The molecule has 0 rings (SSSR count). The third kappa shape index (κ3) is 34.8. The molecule has 6 heteroatoms. The van der Waals surface area contributed by atoms with Crippen LogP contribution in [0, 0.1) is 17.8 Å². The first-order valence-electron chi connectivity index (χ1n) is 21.7. The Labute approximate surface area is 310 Å². The number of ether oxygens (including phenoxy) is 3. The highest BCUT2D eigenvalue weighted by molar-refractivity contribution is 5.71. The highest BCUT2D eigenvalue weighted by atomic mass is 16.6. The summed E-state index contributed by atoms with van der Waals surface area (Å²) in [4.78, 5) is 37.6.